The maximum Gasteiger partial charge on any atom is 0.225 e. The van der Waals surface area contributed by atoms with Crippen LogP contribution >= 0.6 is 0 Å². The molecule has 0 aliphatic carbocycles. The molecule has 2 atom stereocenters. The molecule has 2 fully saturated rings. The van der Waals surface area contributed by atoms with Gasteiger partial charge < -0.3 is 9.80 Å². The Hall–Kier alpha value is -3.09. The van der Waals surface area contributed by atoms with Gasteiger partial charge in [0, 0.05) is 73.2 Å². The van der Waals surface area contributed by atoms with Crippen LogP contribution in [0.1, 0.15) is 55.6 Å². The lowest BCUT2D eigenvalue weighted by Gasteiger charge is -2.35. The largest absolute Gasteiger partial charge is 0.341 e. The highest BCUT2D eigenvalue weighted by Gasteiger charge is 2.28. The maximum atomic E-state index is 5.21. The molecular weight excluding hydrogens is 410 g/mol. The number of hydrogen-bond donors (Lipinski definition) is 0. The molecule has 0 radical (unpaired) electrons. The van der Waals surface area contributed by atoms with E-state index in [2.05, 4.69) is 27.8 Å². The molecule has 3 aromatic heterocycles. The lowest BCUT2D eigenvalue weighted by molar-refractivity contribution is 0.440. The maximum absolute atomic E-state index is 5.21. The molecular formula is C26H33N7. The molecule has 0 amide bonds. The van der Waals surface area contributed by atoms with Gasteiger partial charge in [0.2, 0.25) is 11.9 Å². The van der Waals surface area contributed by atoms with Crippen molar-refractivity contribution < 1.29 is 0 Å². The summed E-state index contributed by atoms with van der Waals surface area (Å²) in [5.41, 5.74) is 5.31. The predicted molar refractivity (Wildman–Crippen MR) is 132 cm³/mol. The zero-order chi connectivity index (χ0) is 22.8. The Balaban J connectivity index is 1.50. The van der Waals surface area contributed by atoms with E-state index in [-0.39, 0.29) is 0 Å². The smallest absolute Gasteiger partial charge is 0.225 e. The van der Waals surface area contributed by atoms with Gasteiger partial charge in [-0.05, 0) is 57.6 Å². The van der Waals surface area contributed by atoms with E-state index in [1.807, 2.05) is 44.6 Å². The topological polar surface area (TPSA) is 70.9 Å². The Morgan fingerprint density at radius 1 is 0.879 bits per heavy atom. The van der Waals surface area contributed by atoms with Crippen LogP contribution in [0.2, 0.25) is 0 Å². The van der Waals surface area contributed by atoms with Crippen molar-refractivity contribution in [1.82, 2.24) is 24.9 Å². The van der Waals surface area contributed by atoms with Gasteiger partial charge in [0.25, 0.3) is 0 Å². The molecule has 7 heteroatoms. The van der Waals surface area contributed by atoms with Crippen LogP contribution in [0.15, 0.2) is 36.8 Å². The summed E-state index contributed by atoms with van der Waals surface area (Å²) in [6.45, 7) is 10.3. The Morgan fingerprint density at radius 3 is 2.36 bits per heavy atom. The Bertz CT molecular complexity index is 1080. The van der Waals surface area contributed by atoms with Crippen LogP contribution in [0.3, 0.4) is 0 Å². The molecule has 7 nitrogen and oxygen atoms in total. The minimum Gasteiger partial charge on any atom is -0.341 e. The summed E-state index contributed by atoms with van der Waals surface area (Å²) in [5, 5.41) is 0. The summed E-state index contributed by atoms with van der Waals surface area (Å²) in [4.78, 5) is 28.5. The minimum absolute atomic E-state index is 0.294. The molecule has 0 aromatic carbocycles. The second-order valence-corrected chi connectivity index (χ2v) is 9.64. The molecule has 172 valence electrons. The fourth-order valence-electron chi connectivity index (χ4n) is 5.20. The second kappa shape index (κ2) is 9.41. The summed E-state index contributed by atoms with van der Waals surface area (Å²) in [6.07, 6.45) is 10.4. The van der Waals surface area contributed by atoms with Crippen LogP contribution in [0.25, 0.3) is 11.1 Å². The molecule has 0 spiro atoms. The van der Waals surface area contributed by atoms with E-state index in [0.717, 1.165) is 79.1 Å². The Morgan fingerprint density at radius 2 is 1.64 bits per heavy atom. The van der Waals surface area contributed by atoms with E-state index in [1.54, 1.807) is 0 Å². The first-order valence-electron chi connectivity index (χ1n) is 12.2. The highest BCUT2D eigenvalue weighted by molar-refractivity contribution is 5.66. The van der Waals surface area contributed by atoms with Crippen molar-refractivity contribution in [2.24, 2.45) is 5.92 Å². The lowest BCUT2D eigenvalue weighted by atomic mass is 9.90. The first-order valence-corrected chi connectivity index (χ1v) is 12.2. The van der Waals surface area contributed by atoms with Gasteiger partial charge in [0.15, 0.2) is 0 Å². The van der Waals surface area contributed by atoms with Crippen molar-refractivity contribution in [3.8, 4) is 11.1 Å². The zero-order valence-electron chi connectivity index (χ0n) is 19.9. The number of aryl methyl sites for hydroxylation is 2. The van der Waals surface area contributed by atoms with Gasteiger partial charge in [0.05, 0.1) is 5.69 Å². The molecule has 2 aliphatic heterocycles. The number of aromatic nitrogens is 5. The van der Waals surface area contributed by atoms with Gasteiger partial charge in [0.1, 0.15) is 0 Å². The predicted octanol–water partition coefficient (Wildman–Crippen LogP) is 4.57. The van der Waals surface area contributed by atoms with Crippen LogP contribution in [-0.2, 0) is 0 Å². The van der Waals surface area contributed by atoms with Gasteiger partial charge in [-0.2, -0.15) is 0 Å². The highest BCUT2D eigenvalue weighted by Crippen LogP contribution is 2.35. The number of piperidine rings is 2. The SMILES string of the molecule is Cc1cc(C)nc(N2CCC[C@@H](c3nc(N4CCC[C@H](C)C4)ncc3-c3cccnc3)C2)n1. The number of anilines is 2. The highest BCUT2D eigenvalue weighted by atomic mass is 15.3. The van der Waals surface area contributed by atoms with E-state index in [1.165, 1.54) is 12.8 Å². The van der Waals surface area contributed by atoms with Crippen molar-refractivity contribution in [1.29, 1.82) is 0 Å². The van der Waals surface area contributed by atoms with E-state index in [9.17, 15) is 0 Å². The fraction of sp³-hybridized carbons (Fsp3) is 0.500. The average Bonchev–Trinajstić information content (AvgIpc) is 2.84. The molecule has 0 unspecified atom stereocenters. The summed E-state index contributed by atoms with van der Waals surface area (Å²) >= 11 is 0. The summed E-state index contributed by atoms with van der Waals surface area (Å²) < 4.78 is 0. The zero-order valence-corrected chi connectivity index (χ0v) is 19.9. The molecule has 33 heavy (non-hydrogen) atoms. The van der Waals surface area contributed by atoms with E-state index in [0.29, 0.717) is 11.8 Å². The molecule has 0 bridgehead atoms. The molecule has 2 saturated heterocycles. The van der Waals surface area contributed by atoms with Crippen LogP contribution in [-0.4, -0.2) is 51.1 Å². The van der Waals surface area contributed by atoms with Gasteiger partial charge in [-0.3, -0.25) is 4.98 Å². The van der Waals surface area contributed by atoms with Crippen molar-refractivity contribution in [2.45, 2.75) is 52.4 Å². The third-order valence-electron chi connectivity index (χ3n) is 6.78. The fourth-order valence-corrected chi connectivity index (χ4v) is 5.20. The first kappa shape index (κ1) is 21.7. The van der Waals surface area contributed by atoms with Crippen molar-refractivity contribution in [3.05, 3.63) is 53.9 Å². The van der Waals surface area contributed by atoms with Gasteiger partial charge in [-0.25, -0.2) is 19.9 Å². The molecule has 0 saturated carbocycles. The van der Waals surface area contributed by atoms with Gasteiger partial charge in [-0.15, -0.1) is 0 Å². The molecule has 0 N–H and O–H groups in total. The molecule has 3 aromatic rings. The lowest BCUT2D eigenvalue weighted by Crippen LogP contribution is -2.37. The summed E-state index contributed by atoms with van der Waals surface area (Å²) in [5.74, 6) is 2.67. The molecule has 5 rings (SSSR count). The van der Waals surface area contributed by atoms with Crippen LogP contribution in [0.4, 0.5) is 11.9 Å². The summed E-state index contributed by atoms with van der Waals surface area (Å²) in [7, 11) is 0. The number of nitrogens with zero attached hydrogens (tertiary/aromatic N) is 7. The number of rotatable bonds is 4. The Labute approximate surface area is 196 Å². The van der Waals surface area contributed by atoms with Crippen molar-refractivity contribution in [3.63, 3.8) is 0 Å². The quantitative estimate of drug-likeness (QED) is 0.585. The van der Waals surface area contributed by atoms with E-state index < -0.39 is 0 Å². The van der Waals surface area contributed by atoms with Crippen molar-refractivity contribution in [2.75, 3.05) is 36.0 Å². The van der Waals surface area contributed by atoms with E-state index >= 15 is 0 Å². The third-order valence-corrected chi connectivity index (χ3v) is 6.78. The first-order chi connectivity index (χ1) is 16.1. The van der Waals surface area contributed by atoms with Crippen LogP contribution in [0.5, 0.6) is 0 Å². The number of pyridine rings is 1. The Kier molecular flexibility index (Phi) is 6.20. The molecule has 5 heterocycles. The number of hydrogen-bond acceptors (Lipinski definition) is 7. The van der Waals surface area contributed by atoms with Crippen molar-refractivity contribution >= 4 is 11.9 Å². The monoisotopic (exact) mass is 443 g/mol. The van der Waals surface area contributed by atoms with Crippen LogP contribution < -0.4 is 9.80 Å². The van der Waals surface area contributed by atoms with Crippen LogP contribution in [0, 0.1) is 19.8 Å². The minimum atomic E-state index is 0.294. The average molecular weight is 444 g/mol. The van der Waals surface area contributed by atoms with Gasteiger partial charge in [-0.1, -0.05) is 13.0 Å². The normalized spacial score (nSPS) is 21.3. The second-order valence-electron chi connectivity index (χ2n) is 9.64. The van der Waals surface area contributed by atoms with Gasteiger partial charge >= 0.3 is 0 Å². The molecule has 2 aliphatic rings. The summed E-state index contributed by atoms with van der Waals surface area (Å²) in [6, 6.07) is 6.11. The van der Waals surface area contributed by atoms with E-state index in [4.69, 9.17) is 19.9 Å². The third kappa shape index (κ3) is 4.82. The standard InChI is InChI=1S/C26H33N7/c1-18-7-5-11-32(16-18)25-28-15-23(21-8-4-10-27-14-21)24(31-25)22-9-6-12-33(17-22)26-29-19(2)13-20(3)30-26/h4,8,10,13-15,18,22H,5-7,9,11-12,16-17H2,1-3H3/t18-,22+/m0/s1.